The summed E-state index contributed by atoms with van der Waals surface area (Å²) in [5.74, 6) is -0.846. The Balaban J connectivity index is 2.59. The zero-order chi connectivity index (χ0) is 12.9. The molecular formula is C13H19NO2S. The molecule has 0 bridgehead atoms. The van der Waals surface area contributed by atoms with Gasteiger partial charge >= 0.3 is 5.97 Å². The Morgan fingerprint density at radius 2 is 1.94 bits per heavy atom. The monoisotopic (exact) mass is 253 g/mol. The average Bonchev–Trinajstić information content (AvgIpc) is 2.29. The number of hydrogen-bond donors (Lipinski definition) is 2. The lowest BCUT2D eigenvalue weighted by Crippen LogP contribution is -2.16. The van der Waals surface area contributed by atoms with Gasteiger partial charge < -0.3 is 5.11 Å². The predicted octanol–water partition coefficient (Wildman–Crippen LogP) is 3.06. The van der Waals surface area contributed by atoms with E-state index in [1.807, 2.05) is 12.1 Å². The number of aliphatic carboxylic acids is 1. The standard InChI is InChI=1S/C13H19NO2S/c1-4-13(2,3)10-5-7-11(8-6-10)17-14-9-12(15)16/h5-8,14H,4,9H2,1-3H3,(H,15,16). The fourth-order valence-electron chi connectivity index (χ4n) is 1.36. The van der Waals surface area contributed by atoms with Crippen LogP contribution in [0.3, 0.4) is 0 Å². The van der Waals surface area contributed by atoms with Crippen molar-refractivity contribution in [1.82, 2.24) is 4.72 Å². The molecule has 2 N–H and O–H groups in total. The zero-order valence-electron chi connectivity index (χ0n) is 10.5. The molecule has 0 saturated carbocycles. The van der Waals surface area contributed by atoms with Gasteiger partial charge in [0.2, 0.25) is 0 Å². The van der Waals surface area contributed by atoms with Crippen LogP contribution < -0.4 is 4.72 Å². The van der Waals surface area contributed by atoms with Gasteiger partial charge in [0.25, 0.3) is 0 Å². The molecule has 0 radical (unpaired) electrons. The molecule has 0 atom stereocenters. The molecule has 4 heteroatoms. The van der Waals surface area contributed by atoms with E-state index < -0.39 is 5.97 Å². The van der Waals surface area contributed by atoms with E-state index in [9.17, 15) is 4.79 Å². The Kier molecular flexibility index (Phi) is 5.02. The second-order valence-electron chi connectivity index (χ2n) is 4.58. The van der Waals surface area contributed by atoms with E-state index in [2.05, 4.69) is 37.6 Å². The van der Waals surface area contributed by atoms with Gasteiger partial charge in [0.1, 0.15) is 6.54 Å². The Bertz CT molecular complexity index is 374. The summed E-state index contributed by atoms with van der Waals surface area (Å²) in [5.41, 5.74) is 1.50. The molecule has 0 amide bonds. The molecule has 0 unspecified atom stereocenters. The topological polar surface area (TPSA) is 49.3 Å². The lowest BCUT2D eigenvalue weighted by Gasteiger charge is -2.23. The van der Waals surface area contributed by atoms with Crippen molar-refractivity contribution < 1.29 is 9.90 Å². The minimum absolute atomic E-state index is 0.0349. The summed E-state index contributed by atoms with van der Waals surface area (Å²) in [5, 5.41) is 8.50. The van der Waals surface area contributed by atoms with Crippen LogP contribution >= 0.6 is 11.9 Å². The van der Waals surface area contributed by atoms with Gasteiger partial charge in [-0.25, -0.2) is 4.72 Å². The van der Waals surface area contributed by atoms with Gasteiger partial charge in [-0.15, -0.1) is 0 Å². The molecule has 17 heavy (non-hydrogen) atoms. The molecule has 0 aliphatic heterocycles. The smallest absolute Gasteiger partial charge is 0.318 e. The molecule has 0 fully saturated rings. The number of carboxylic acid groups (broad SMARTS) is 1. The van der Waals surface area contributed by atoms with Crippen molar-refractivity contribution in [3.63, 3.8) is 0 Å². The second kappa shape index (κ2) is 6.07. The molecule has 0 saturated heterocycles. The summed E-state index contributed by atoms with van der Waals surface area (Å²) in [6, 6.07) is 8.25. The molecule has 0 spiro atoms. The summed E-state index contributed by atoms with van der Waals surface area (Å²) in [4.78, 5) is 11.4. The van der Waals surface area contributed by atoms with E-state index in [0.29, 0.717) is 0 Å². The third kappa shape index (κ3) is 4.40. The van der Waals surface area contributed by atoms with Crippen molar-refractivity contribution in [1.29, 1.82) is 0 Å². The van der Waals surface area contributed by atoms with E-state index in [4.69, 9.17) is 5.11 Å². The SMILES string of the molecule is CCC(C)(C)c1ccc(SNCC(=O)O)cc1. The molecule has 0 aliphatic rings. The number of rotatable bonds is 6. The van der Waals surface area contributed by atoms with Crippen LogP contribution in [0, 0.1) is 0 Å². The van der Waals surface area contributed by atoms with Crippen LogP contribution in [0.15, 0.2) is 29.2 Å². The number of nitrogens with one attached hydrogen (secondary N) is 1. The van der Waals surface area contributed by atoms with Crippen LogP contribution in [0.25, 0.3) is 0 Å². The van der Waals surface area contributed by atoms with Crippen molar-refractivity contribution in [2.75, 3.05) is 6.54 Å². The second-order valence-corrected chi connectivity index (χ2v) is 5.54. The highest BCUT2D eigenvalue weighted by atomic mass is 32.2. The number of carboxylic acids is 1. The van der Waals surface area contributed by atoms with Crippen molar-refractivity contribution in [2.45, 2.75) is 37.5 Å². The first-order valence-corrected chi connectivity index (χ1v) is 6.49. The molecule has 94 valence electrons. The maximum absolute atomic E-state index is 10.3. The first kappa shape index (κ1) is 14.1. The maximum Gasteiger partial charge on any atom is 0.318 e. The van der Waals surface area contributed by atoms with Crippen LogP contribution in [0.4, 0.5) is 0 Å². The minimum Gasteiger partial charge on any atom is -0.480 e. The van der Waals surface area contributed by atoms with Crippen LogP contribution in [-0.4, -0.2) is 17.6 Å². The van der Waals surface area contributed by atoms with Crippen molar-refractivity contribution >= 4 is 17.9 Å². The highest BCUT2D eigenvalue weighted by Crippen LogP contribution is 2.28. The van der Waals surface area contributed by atoms with Crippen molar-refractivity contribution in [3.8, 4) is 0 Å². The van der Waals surface area contributed by atoms with Gasteiger partial charge in [0.15, 0.2) is 0 Å². The van der Waals surface area contributed by atoms with Gasteiger partial charge in [0.05, 0.1) is 0 Å². The van der Waals surface area contributed by atoms with Gasteiger partial charge in [0, 0.05) is 4.90 Å². The average molecular weight is 253 g/mol. The van der Waals surface area contributed by atoms with Gasteiger partial charge in [-0.3, -0.25) is 4.79 Å². The van der Waals surface area contributed by atoms with Gasteiger partial charge in [-0.1, -0.05) is 32.9 Å². The third-order valence-electron chi connectivity index (χ3n) is 2.93. The Morgan fingerprint density at radius 1 is 1.35 bits per heavy atom. The fraction of sp³-hybridized carbons (Fsp3) is 0.462. The lowest BCUT2D eigenvalue weighted by molar-refractivity contribution is -0.135. The first-order valence-electron chi connectivity index (χ1n) is 5.68. The summed E-state index contributed by atoms with van der Waals surface area (Å²) in [7, 11) is 0. The molecule has 0 aromatic heterocycles. The maximum atomic E-state index is 10.3. The Hall–Kier alpha value is -1.00. The van der Waals surface area contributed by atoms with Crippen LogP contribution in [0.5, 0.6) is 0 Å². The lowest BCUT2D eigenvalue weighted by atomic mass is 9.82. The summed E-state index contributed by atoms with van der Waals surface area (Å²) in [6.07, 6.45) is 1.09. The number of hydrogen-bond acceptors (Lipinski definition) is 3. The van der Waals surface area contributed by atoms with E-state index in [1.165, 1.54) is 17.5 Å². The predicted molar refractivity (Wildman–Crippen MR) is 71.3 cm³/mol. The van der Waals surface area contributed by atoms with Crippen molar-refractivity contribution in [3.05, 3.63) is 29.8 Å². The van der Waals surface area contributed by atoms with Gasteiger partial charge in [-0.05, 0) is 41.5 Å². The highest BCUT2D eigenvalue weighted by Gasteiger charge is 2.17. The molecule has 0 heterocycles. The zero-order valence-corrected chi connectivity index (χ0v) is 11.3. The first-order chi connectivity index (χ1) is 7.95. The summed E-state index contributed by atoms with van der Waals surface area (Å²) < 4.78 is 2.79. The van der Waals surface area contributed by atoms with E-state index in [-0.39, 0.29) is 12.0 Å². The van der Waals surface area contributed by atoms with E-state index >= 15 is 0 Å². The molecule has 0 aliphatic carbocycles. The molecule has 1 aromatic rings. The van der Waals surface area contributed by atoms with Crippen LogP contribution in [0.2, 0.25) is 0 Å². The Labute approximate surface area is 107 Å². The quantitative estimate of drug-likeness (QED) is 0.765. The molecule has 1 rings (SSSR count). The third-order valence-corrected chi connectivity index (χ3v) is 3.73. The van der Waals surface area contributed by atoms with Crippen LogP contribution in [-0.2, 0) is 10.2 Å². The van der Waals surface area contributed by atoms with Crippen molar-refractivity contribution in [2.24, 2.45) is 0 Å². The number of benzene rings is 1. The molecular weight excluding hydrogens is 234 g/mol. The fourth-order valence-corrected chi connectivity index (χ4v) is 1.99. The van der Waals surface area contributed by atoms with Gasteiger partial charge in [-0.2, -0.15) is 0 Å². The van der Waals surface area contributed by atoms with E-state index in [1.54, 1.807) is 0 Å². The van der Waals surface area contributed by atoms with E-state index in [0.717, 1.165) is 11.3 Å². The molecule has 1 aromatic carbocycles. The minimum atomic E-state index is -0.846. The largest absolute Gasteiger partial charge is 0.480 e. The molecule has 3 nitrogen and oxygen atoms in total. The summed E-state index contributed by atoms with van der Waals surface area (Å²) >= 11 is 1.34. The van der Waals surface area contributed by atoms with Crippen LogP contribution in [0.1, 0.15) is 32.8 Å². The Morgan fingerprint density at radius 3 is 2.41 bits per heavy atom. The number of carbonyl (C=O) groups is 1. The summed E-state index contributed by atoms with van der Waals surface area (Å²) in [6.45, 7) is 6.58. The normalized spacial score (nSPS) is 11.5. The highest BCUT2D eigenvalue weighted by molar-refractivity contribution is 7.97.